The lowest BCUT2D eigenvalue weighted by molar-refractivity contribution is 1.15. The molecule has 1 nitrogen and oxygen atoms in total. The van der Waals surface area contributed by atoms with Gasteiger partial charge in [0.15, 0.2) is 4.90 Å². The summed E-state index contributed by atoms with van der Waals surface area (Å²) >= 11 is 3.33. The van der Waals surface area contributed by atoms with Crippen molar-refractivity contribution < 1.29 is 0 Å². The van der Waals surface area contributed by atoms with E-state index in [9.17, 15) is 0 Å². The van der Waals surface area contributed by atoms with E-state index in [1.807, 2.05) is 19.1 Å². The molecular formula is C6H8NS+. The number of nitrogens with zero attached hydrogens (tertiary/aromatic N) is 1. The molecule has 0 saturated carbocycles. The fraction of sp³-hybridized carbons (Fsp3) is 0.167. The van der Waals surface area contributed by atoms with Gasteiger partial charge in [0.1, 0.15) is 0 Å². The molecular weight excluding hydrogens is 118 g/mol. The van der Waals surface area contributed by atoms with Gasteiger partial charge in [0.05, 0.1) is 6.20 Å². The zero-order valence-corrected chi connectivity index (χ0v) is 5.68. The van der Waals surface area contributed by atoms with E-state index in [0.717, 1.165) is 10.6 Å². The van der Waals surface area contributed by atoms with Crippen LogP contribution in [-0.4, -0.2) is 4.98 Å². The number of pyridine rings is 1. The Bertz CT molecular complexity index is 147. The number of aryl methyl sites for hydroxylation is 1. The molecule has 1 aromatic heterocycles. The smallest absolute Gasteiger partial charge is 0.168 e. The molecule has 0 bridgehead atoms. The maximum absolute atomic E-state index is 4.03. The molecule has 0 aromatic carbocycles. The number of hydrogen-bond acceptors (Lipinski definition) is 1. The lowest BCUT2D eigenvalue weighted by Gasteiger charge is -1.84. The van der Waals surface area contributed by atoms with Gasteiger partial charge >= 0.3 is 0 Å². The molecule has 1 heterocycles. The van der Waals surface area contributed by atoms with Crippen LogP contribution in [0, 0.1) is 6.92 Å². The van der Waals surface area contributed by atoms with Crippen LogP contribution >= 0.6 is 0 Å². The molecule has 1 aromatic rings. The third-order valence-corrected chi connectivity index (χ3v) is 1.21. The van der Waals surface area contributed by atoms with Gasteiger partial charge < -0.3 is 0 Å². The first-order valence-corrected chi connectivity index (χ1v) is 2.93. The van der Waals surface area contributed by atoms with E-state index < -0.39 is 0 Å². The minimum Gasteiger partial charge on any atom is -0.256 e. The Balaban J connectivity index is 3.03. The lowest BCUT2D eigenvalue weighted by Crippen LogP contribution is -1.77. The van der Waals surface area contributed by atoms with Crippen molar-refractivity contribution in [3.05, 3.63) is 24.0 Å². The zero-order chi connectivity index (χ0) is 5.98. The third-order valence-electron chi connectivity index (χ3n) is 0.911. The van der Waals surface area contributed by atoms with Crippen LogP contribution in [0.15, 0.2) is 23.2 Å². The fourth-order valence-electron chi connectivity index (χ4n) is 0.468. The molecule has 0 aliphatic carbocycles. The summed E-state index contributed by atoms with van der Waals surface area (Å²) in [5, 5.41) is 0. The van der Waals surface area contributed by atoms with E-state index in [0.29, 0.717) is 0 Å². The zero-order valence-electron chi connectivity index (χ0n) is 4.68. The van der Waals surface area contributed by atoms with Gasteiger partial charge in [-0.05, 0) is 31.7 Å². The van der Waals surface area contributed by atoms with E-state index in [1.165, 1.54) is 0 Å². The minimum atomic E-state index is 1.02. The maximum Gasteiger partial charge on any atom is 0.168 e. The van der Waals surface area contributed by atoms with Crippen molar-refractivity contribution in [1.82, 2.24) is 4.98 Å². The van der Waals surface area contributed by atoms with Crippen LogP contribution in [0.4, 0.5) is 0 Å². The molecule has 2 heteroatoms. The highest BCUT2D eigenvalue weighted by Crippen LogP contribution is 1.95. The molecule has 0 spiro atoms. The molecule has 0 aliphatic heterocycles. The van der Waals surface area contributed by atoms with Crippen LogP contribution in [0.1, 0.15) is 5.69 Å². The molecule has 0 saturated heterocycles. The molecule has 0 aliphatic rings. The molecule has 42 valence electrons. The summed E-state index contributed by atoms with van der Waals surface area (Å²) in [6.07, 6.45) is 1.78. The first kappa shape index (κ1) is 5.63. The minimum absolute atomic E-state index is 1.02. The summed E-state index contributed by atoms with van der Waals surface area (Å²) in [6.45, 7) is 1.96. The second-order valence-corrected chi connectivity index (χ2v) is 2.27. The van der Waals surface area contributed by atoms with E-state index >= 15 is 0 Å². The normalized spacial score (nSPS) is 9.25. The van der Waals surface area contributed by atoms with Crippen molar-refractivity contribution in [2.24, 2.45) is 0 Å². The van der Waals surface area contributed by atoms with Crippen molar-refractivity contribution in [3.8, 4) is 0 Å². The van der Waals surface area contributed by atoms with Gasteiger partial charge in [0.25, 0.3) is 0 Å². The van der Waals surface area contributed by atoms with E-state index in [-0.39, 0.29) is 0 Å². The average Bonchev–Trinajstić information content (AvgIpc) is 1.77. The van der Waals surface area contributed by atoms with Crippen LogP contribution in [0.5, 0.6) is 0 Å². The largest absolute Gasteiger partial charge is 0.256 e. The Kier molecular flexibility index (Phi) is 1.53. The van der Waals surface area contributed by atoms with Crippen LogP contribution in [-0.2, 0) is 12.6 Å². The van der Waals surface area contributed by atoms with Gasteiger partial charge in [-0.3, -0.25) is 4.98 Å². The second kappa shape index (κ2) is 2.18. The van der Waals surface area contributed by atoms with Gasteiger partial charge in [-0.1, -0.05) is 0 Å². The molecule has 0 radical (unpaired) electrons. The highest BCUT2D eigenvalue weighted by molar-refractivity contribution is 7.58. The summed E-state index contributed by atoms with van der Waals surface area (Å²) in [4.78, 5) is 5.05. The highest BCUT2D eigenvalue weighted by atomic mass is 32.1. The maximum atomic E-state index is 4.03. The topological polar surface area (TPSA) is 12.9 Å². The number of hydrogen-bond donors (Lipinski definition) is 0. The number of aromatic nitrogens is 1. The Hall–Kier alpha value is -0.500. The van der Waals surface area contributed by atoms with E-state index in [1.54, 1.807) is 6.20 Å². The van der Waals surface area contributed by atoms with Crippen molar-refractivity contribution in [1.29, 1.82) is 0 Å². The van der Waals surface area contributed by atoms with Crippen molar-refractivity contribution in [2.45, 2.75) is 11.8 Å². The van der Waals surface area contributed by atoms with Crippen LogP contribution in [0.25, 0.3) is 0 Å². The van der Waals surface area contributed by atoms with Gasteiger partial charge in [-0.2, -0.15) is 0 Å². The first-order chi connectivity index (χ1) is 3.79. The lowest BCUT2D eigenvalue weighted by atomic mass is 10.4. The van der Waals surface area contributed by atoms with Gasteiger partial charge in [0.2, 0.25) is 0 Å². The standard InChI is InChI=1S/C6H7NS/c1-5-2-3-6(8)4-7-5/h2-4,8H,1H3/p+1. The average molecular weight is 126 g/mol. The Labute approximate surface area is 54.2 Å². The van der Waals surface area contributed by atoms with Crippen LogP contribution < -0.4 is 0 Å². The predicted molar refractivity (Wildman–Crippen MR) is 37.4 cm³/mol. The molecule has 0 N–H and O–H groups in total. The molecule has 1 rings (SSSR count). The number of rotatable bonds is 0. The predicted octanol–water partition coefficient (Wildman–Crippen LogP) is 0.760. The summed E-state index contributed by atoms with van der Waals surface area (Å²) in [5.41, 5.74) is 1.05. The summed E-state index contributed by atoms with van der Waals surface area (Å²) in [5.74, 6) is 0. The monoisotopic (exact) mass is 126 g/mol. The van der Waals surface area contributed by atoms with Crippen LogP contribution in [0.3, 0.4) is 0 Å². The summed E-state index contributed by atoms with van der Waals surface area (Å²) in [6, 6.07) is 3.93. The van der Waals surface area contributed by atoms with Crippen molar-refractivity contribution in [3.63, 3.8) is 0 Å². The van der Waals surface area contributed by atoms with Gasteiger partial charge in [-0.15, -0.1) is 0 Å². The van der Waals surface area contributed by atoms with E-state index in [4.69, 9.17) is 0 Å². The van der Waals surface area contributed by atoms with Crippen LogP contribution in [0.2, 0.25) is 0 Å². The van der Waals surface area contributed by atoms with Crippen molar-refractivity contribution in [2.75, 3.05) is 0 Å². The van der Waals surface area contributed by atoms with Crippen molar-refractivity contribution >= 4 is 12.6 Å². The molecule has 0 amide bonds. The summed E-state index contributed by atoms with van der Waals surface area (Å²) < 4.78 is 0. The molecule has 8 heavy (non-hydrogen) atoms. The van der Waals surface area contributed by atoms with E-state index in [2.05, 4.69) is 17.6 Å². The van der Waals surface area contributed by atoms with Gasteiger partial charge in [-0.25, -0.2) is 0 Å². The second-order valence-electron chi connectivity index (χ2n) is 1.69. The van der Waals surface area contributed by atoms with Gasteiger partial charge in [0, 0.05) is 5.69 Å². The Morgan fingerprint density at radius 3 is 2.62 bits per heavy atom. The highest BCUT2D eigenvalue weighted by Gasteiger charge is 1.87. The Morgan fingerprint density at radius 2 is 2.25 bits per heavy atom. The molecule has 0 fully saturated rings. The fourth-order valence-corrected chi connectivity index (χ4v) is 0.616. The summed E-state index contributed by atoms with van der Waals surface area (Å²) in [7, 11) is 0. The third kappa shape index (κ3) is 1.23. The molecule has 0 unspecified atom stereocenters. The molecule has 0 atom stereocenters. The first-order valence-electron chi connectivity index (χ1n) is 2.43. The SMILES string of the molecule is Cc1ccc([SH2+])cn1. The Morgan fingerprint density at radius 1 is 1.50 bits per heavy atom. The quantitative estimate of drug-likeness (QED) is 0.468.